The second kappa shape index (κ2) is 15.7. The molecule has 0 radical (unpaired) electrons. The standard InChI is InChI=1S/C23H31NO.2C2H6/c1-8-19-17(6)20(9-2)23(18(7)25)22(14-24)21(19)13-12-16(5)11-10-15(3)4;2*1-2/h12H,3,8-11,13H2,1-2,4-7H3;2*1-2H3/b16-12+;;. The molecule has 1 rings (SSSR count). The van der Waals surface area contributed by atoms with Crippen molar-refractivity contribution in [3.05, 3.63) is 57.2 Å². The van der Waals surface area contributed by atoms with Crippen LogP contribution in [-0.2, 0) is 19.3 Å². The van der Waals surface area contributed by atoms with E-state index in [1.165, 1.54) is 22.3 Å². The lowest BCUT2D eigenvalue weighted by Gasteiger charge is -2.20. The Morgan fingerprint density at radius 3 is 1.86 bits per heavy atom. The monoisotopic (exact) mass is 397 g/mol. The van der Waals surface area contributed by atoms with Crippen LogP contribution in [0.2, 0.25) is 0 Å². The van der Waals surface area contributed by atoms with Crippen molar-refractivity contribution >= 4 is 5.78 Å². The molecule has 0 saturated heterocycles. The fourth-order valence-corrected chi connectivity index (χ4v) is 3.50. The summed E-state index contributed by atoms with van der Waals surface area (Å²) in [5.74, 6) is -0.0108. The summed E-state index contributed by atoms with van der Waals surface area (Å²) in [6.45, 7) is 24.0. The van der Waals surface area contributed by atoms with Crippen molar-refractivity contribution in [3.8, 4) is 6.07 Å². The molecule has 0 aliphatic carbocycles. The first-order chi connectivity index (χ1) is 13.8. The zero-order valence-corrected chi connectivity index (χ0v) is 20.7. The van der Waals surface area contributed by atoms with Crippen LogP contribution in [0.25, 0.3) is 0 Å². The summed E-state index contributed by atoms with van der Waals surface area (Å²) in [5, 5.41) is 9.79. The van der Waals surface area contributed by atoms with Crippen LogP contribution in [0.15, 0.2) is 23.8 Å². The Kier molecular flexibility index (Phi) is 15.8. The van der Waals surface area contributed by atoms with Gasteiger partial charge >= 0.3 is 0 Å². The minimum atomic E-state index is -0.0108. The molecule has 0 aliphatic heterocycles. The fourth-order valence-electron chi connectivity index (χ4n) is 3.50. The summed E-state index contributed by atoms with van der Waals surface area (Å²) in [4.78, 5) is 12.2. The number of nitriles is 1. The van der Waals surface area contributed by atoms with Gasteiger partial charge in [-0.05, 0) is 82.1 Å². The zero-order valence-electron chi connectivity index (χ0n) is 20.7. The minimum Gasteiger partial charge on any atom is -0.294 e. The topological polar surface area (TPSA) is 40.9 Å². The molecule has 0 unspecified atom stereocenters. The summed E-state index contributed by atoms with van der Waals surface area (Å²) < 4.78 is 0. The predicted molar refractivity (Wildman–Crippen MR) is 129 cm³/mol. The van der Waals surface area contributed by atoms with Crippen LogP contribution in [0.3, 0.4) is 0 Å². The van der Waals surface area contributed by atoms with Gasteiger partial charge in [0, 0.05) is 5.56 Å². The Hall–Kier alpha value is -2.14. The molecule has 0 aromatic heterocycles. The molecule has 0 heterocycles. The van der Waals surface area contributed by atoms with Gasteiger partial charge in [0.25, 0.3) is 0 Å². The van der Waals surface area contributed by atoms with Gasteiger partial charge in [-0.1, -0.05) is 58.8 Å². The van der Waals surface area contributed by atoms with Gasteiger partial charge in [-0.15, -0.1) is 6.58 Å². The first-order valence-corrected chi connectivity index (χ1v) is 11.2. The third kappa shape index (κ3) is 8.40. The maximum Gasteiger partial charge on any atom is 0.161 e. The number of carbonyl (C=O) groups excluding carboxylic acids is 1. The van der Waals surface area contributed by atoms with Crippen molar-refractivity contribution in [1.82, 2.24) is 0 Å². The third-order valence-corrected chi connectivity index (χ3v) is 4.89. The van der Waals surface area contributed by atoms with Crippen molar-refractivity contribution in [1.29, 1.82) is 5.26 Å². The van der Waals surface area contributed by atoms with E-state index in [9.17, 15) is 10.1 Å². The van der Waals surface area contributed by atoms with Gasteiger partial charge in [0.05, 0.1) is 5.56 Å². The Morgan fingerprint density at radius 2 is 1.48 bits per heavy atom. The van der Waals surface area contributed by atoms with Gasteiger partial charge in [-0.2, -0.15) is 5.26 Å². The average Bonchev–Trinajstić information content (AvgIpc) is 2.72. The Morgan fingerprint density at radius 1 is 0.966 bits per heavy atom. The largest absolute Gasteiger partial charge is 0.294 e. The normalized spacial score (nSPS) is 10.2. The van der Waals surface area contributed by atoms with E-state index < -0.39 is 0 Å². The van der Waals surface area contributed by atoms with Crippen molar-refractivity contribution < 1.29 is 4.79 Å². The highest BCUT2D eigenvalue weighted by molar-refractivity contribution is 5.99. The molecule has 0 bridgehead atoms. The van der Waals surface area contributed by atoms with Crippen LogP contribution >= 0.6 is 0 Å². The molecule has 0 saturated carbocycles. The van der Waals surface area contributed by atoms with E-state index in [4.69, 9.17) is 0 Å². The fraction of sp³-hybridized carbons (Fsp3) is 0.556. The number of allylic oxidation sites excluding steroid dienone is 3. The van der Waals surface area contributed by atoms with Gasteiger partial charge < -0.3 is 0 Å². The van der Waals surface area contributed by atoms with Crippen LogP contribution < -0.4 is 0 Å². The van der Waals surface area contributed by atoms with E-state index in [1.54, 1.807) is 6.92 Å². The molecule has 0 spiro atoms. The van der Waals surface area contributed by atoms with E-state index in [2.05, 4.69) is 46.4 Å². The summed E-state index contributed by atoms with van der Waals surface area (Å²) in [7, 11) is 0. The van der Waals surface area contributed by atoms with Gasteiger partial charge in [-0.3, -0.25) is 4.79 Å². The second-order valence-electron chi connectivity index (χ2n) is 6.90. The molecule has 0 aliphatic rings. The molecular weight excluding hydrogens is 354 g/mol. The summed E-state index contributed by atoms with van der Waals surface area (Å²) in [6, 6.07) is 2.33. The van der Waals surface area contributed by atoms with Gasteiger partial charge in [-0.25, -0.2) is 0 Å². The van der Waals surface area contributed by atoms with Crippen LogP contribution in [0.4, 0.5) is 0 Å². The van der Waals surface area contributed by atoms with Crippen LogP contribution in [0, 0.1) is 18.3 Å². The first-order valence-electron chi connectivity index (χ1n) is 11.2. The van der Waals surface area contributed by atoms with Crippen LogP contribution in [-0.4, -0.2) is 5.78 Å². The van der Waals surface area contributed by atoms with E-state index >= 15 is 0 Å². The first kappa shape index (κ1) is 29.1. The van der Waals surface area contributed by atoms with Crippen LogP contribution in [0.1, 0.15) is 113 Å². The van der Waals surface area contributed by atoms with Crippen molar-refractivity contribution in [2.24, 2.45) is 0 Å². The SMILES string of the molecule is C=C(C)CC/C(C)=C/Cc1c(C#N)c(C(C)=O)c(CC)c(C)c1CC.CC.CC. The summed E-state index contributed by atoms with van der Waals surface area (Å²) in [5.41, 5.74) is 8.16. The molecule has 162 valence electrons. The lowest BCUT2D eigenvalue weighted by molar-refractivity contribution is 0.101. The Bertz CT molecular complexity index is 745. The van der Waals surface area contributed by atoms with Crippen molar-refractivity contribution in [2.45, 2.75) is 101 Å². The number of hydrogen-bond donors (Lipinski definition) is 0. The quantitative estimate of drug-likeness (QED) is 0.328. The highest BCUT2D eigenvalue weighted by Crippen LogP contribution is 2.30. The smallest absolute Gasteiger partial charge is 0.161 e. The number of benzene rings is 1. The molecule has 0 amide bonds. The lowest BCUT2D eigenvalue weighted by Crippen LogP contribution is -2.12. The molecule has 2 heteroatoms. The molecule has 29 heavy (non-hydrogen) atoms. The van der Waals surface area contributed by atoms with E-state index in [-0.39, 0.29) is 5.78 Å². The van der Waals surface area contributed by atoms with Gasteiger partial charge in [0.1, 0.15) is 6.07 Å². The molecule has 0 atom stereocenters. The number of hydrogen-bond acceptors (Lipinski definition) is 2. The second-order valence-corrected chi connectivity index (χ2v) is 6.90. The highest BCUT2D eigenvalue weighted by Gasteiger charge is 2.22. The van der Waals surface area contributed by atoms with Crippen molar-refractivity contribution in [2.75, 3.05) is 0 Å². The van der Waals surface area contributed by atoms with Crippen LogP contribution in [0.5, 0.6) is 0 Å². The molecule has 0 fully saturated rings. The highest BCUT2D eigenvalue weighted by atomic mass is 16.1. The number of rotatable bonds is 8. The lowest BCUT2D eigenvalue weighted by atomic mass is 9.83. The maximum absolute atomic E-state index is 12.2. The number of Topliss-reactive ketones (excluding diaryl/α,β-unsaturated/α-hetero) is 1. The zero-order chi connectivity index (χ0) is 23.1. The van der Waals surface area contributed by atoms with E-state index in [0.29, 0.717) is 17.5 Å². The van der Waals surface area contributed by atoms with Gasteiger partial charge in [0.15, 0.2) is 5.78 Å². The average molecular weight is 398 g/mol. The summed E-state index contributed by atoms with van der Waals surface area (Å²) >= 11 is 0. The van der Waals surface area contributed by atoms with E-state index in [0.717, 1.165) is 36.8 Å². The number of ketones is 1. The number of carbonyl (C=O) groups is 1. The summed E-state index contributed by atoms with van der Waals surface area (Å²) in [6.07, 6.45) is 6.53. The molecule has 1 aromatic carbocycles. The van der Waals surface area contributed by atoms with E-state index in [1.807, 2.05) is 34.6 Å². The molecule has 2 nitrogen and oxygen atoms in total. The molecular formula is C27H43NO. The Labute approximate surface area is 180 Å². The third-order valence-electron chi connectivity index (χ3n) is 4.89. The minimum absolute atomic E-state index is 0.0108. The maximum atomic E-state index is 12.2. The van der Waals surface area contributed by atoms with Crippen molar-refractivity contribution in [3.63, 3.8) is 0 Å². The predicted octanol–water partition coefficient (Wildman–Crippen LogP) is 8.09. The molecule has 0 N–H and O–H groups in total. The van der Waals surface area contributed by atoms with Gasteiger partial charge in [0.2, 0.25) is 0 Å². The number of nitrogens with zero attached hydrogens (tertiary/aromatic N) is 1. The Balaban J connectivity index is 0. The molecule has 1 aromatic rings.